The zero-order chi connectivity index (χ0) is 20.3. The predicted molar refractivity (Wildman–Crippen MR) is 111 cm³/mol. The minimum absolute atomic E-state index is 0.0358. The van der Waals surface area contributed by atoms with Gasteiger partial charge >= 0.3 is 0 Å². The van der Waals surface area contributed by atoms with Crippen molar-refractivity contribution in [3.8, 4) is 0 Å². The summed E-state index contributed by atoms with van der Waals surface area (Å²) >= 11 is 1.61. The number of halogens is 1. The van der Waals surface area contributed by atoms with Crippen molar-refractivity contribution in [1.29, 1.82) is 0 Å². The van der Waals surface area contributed by atoms with Crippen LogP contribution in [0, 0.1) is 12.7 Å². The van der Waals surface area contributed by atoms with Crippen LogP contribution in [0.2, 0.25) is 0 Å². The van der Waals surface area contributed by atoms with Gasteiger partial charge in [-0.15, -0.1) is 11.8 Å². The topological polar surface area (TPSA) is 40.6 Å². The van der Waals surface area contributed by atoms with Crippen LogP contribution in [0.25, 0.3) is 0 Å². The average Bonchev–Trinajstić information content (AvgIpc) is 3.03. The van der Waals surface area contributed by atoms with Crippen LogP contribution in [0.5, 0.6) is 0 Å². The van der Waals surface area contributed by atoms with Crippen molar-refractivity contribution in [2.45, 2.75) is 32.2 Å². The molecule has 6 heteroatoms. The van der Waals surface area contributed by atoms with E-state index in [0.29, 0.717) is 24.4 Å². The summed E-state index contributed by atoms with van der Waals surface area (Å²) in [5.41, 5.74) is 2.59. The molecule has 28 heavy (non-hydrogen) atoms. The van der Waals surface area contributed by atoms with E-state index in [0.717, 1.165) is 5.56 Å². The highest BCUT2D eigenvalue weighted by molar-refractivity contribution is 8.00. The van der Waals surface area contributed by atoms with Crippen LogP contribution in [0.4, 0.5) is 4.39 Å². The van der Waals surface area contributed by atoms with E-state index in [1.54, 1.807) is 22.7 Å². The van der Waals surface area contributed by atoms with Crippen molar-refractivity contribution < 1.29 is 14.0 Å². The first kappa shape index (κ1) is 20.4. The highest BCUT2D eigenvalue weighted by atomic mass is 32.2. The molecule has 0 bridgehead atoms. The minimum Gasteiger partial charge on any atom is -0.334 e. The van der Waals surface area contributed by atoms with Gasteiger partial charge in [0, 0.05) is 24.7 Å². The minimum atomic E-state index is -0.430. The normalized spacial score (nSPS) is 16.7. The lowest BCUT2D eigenvalue weighted by Gasteiger charge is -2.31. The van der Waals surface area contributed by atoms with Crippen LogP contribution in [0.3, 0.4) is 0 Å². The molecule has 0 spiro atoms. The van der Waals surface area contributed by atoms with Crippen molar-refractivity contribution in [1.82, 2.24) is 9.80 Å². The van der Waals surface area contributed by atoms with E-state index < -0.39 is 5.82 Å². The Morgan fingerprint density at radius 3 is 2.61 bits per heavy atom. The van der Waals surface area contributed by atoms with Gasteiger partial charge in [-0.1, -0.05) is 35.9 Å². The van der Waals surface area contributed by atoms with Gasteiger partial charge in [-0.2, -0.15) is 0 Å². The SMILES string of the molecule is Cc1ccc([C@@H]2SCC(=O)N2CCN(C(=O)c2cccc(F)c2)C(C)C)cc1. The van der Waals surface area contributed by atoms with Gasteiger partial charge in [-0.05, 0) is 44.5 Å². The van der Waals surface area contributed by atoms with Gasteiger partial charge in [0.25, 0.3) is 5.91 Å². The van der Waals surface area contributed by atoms with Crippen LogP contribution < -0.4 is 0 Å². The number of hydrogen-bond acceptors (Lipinski definition) is 3. The van der Waals surface area contributed by atoms with Crippen LogP contribution in [-0.2, 0) is 4.79 Å². The molecule has 148 valence electrons. The lowest BCUT2D eigenvalue weighted by Crippen LogP contribution is -2.43. The molecule has 1 fully saturated rings. The van der Waals surface area contributed by atoms with Gasteiger partial charge in [-0.25, -0.2) is 4.39 Å². The molecule has 0 saturated carbocycles. The van der Waals surface area contributed by atoms with Crippen molar-refractivity contribution in [3.05, 3.63) is 71.0 Å². The fraction of sp³-hybridized carbons (Fsp3) is 0.364. The van der Waals surface area contributed by atoms with Gasteiger partial charge in [0.15, 0.2) is 0 Å². The number of thioether (sulfide) groups is 1. The molecule has 2 amide bonds. The number of hydrogen-bond donors (Lipinski definition) is 0. The fourth-order valence-corrected chi connectivity index (χ4v) is 4.52. The van der Waals surface area contributed by atoms with E-state index in [2.05, 4.69) is 12.1 Å². The molecule has 0 aromatic heterocycles. The van der Waals surface area contributed by atoms with Crippen molar-refractivity contribution in [2.75, 3.05) is 18.8 Å². The molecule has 1 heterocycles. The van der Waals surface area contributed by atoms with Crippen molar-refractivity contribution >= 4 is 23.6 Å². The first-order valence-corrected chi connectivity index (χ1v) is 10.5. The molecule has 2 aromatic rings. The molecular weight excluding hydrogens is 375 g/mol. The summed E-state index contributed by atoms with van der Waals surface area (Å²) in [7, 11) is 0. The number of nitrogens with zero attached hydrogens (tertiary/aromatic N) is 2. The van der Waals surface area contributed by atoms with E-state index in [-0.39, 0.29) is 23.2 Å². The van der Waals surface area contributed by atoms with Gasteiger partial charge in [0.2, 0.25) is 5.91 Å². The Bertz CT molecular complexity index is 854. The molecule has 4 nitrogen and oxygen atoms in total. The molecule has 1 aliphatic heterocycles. The predicted octanol–water partition coefficient (Wildman–Crippen LogP) is 4.26. The van der Waals surface area contributed by atoms with E-state index in [1.807, 2.05) is 37.8 Å². The highest BCUT2D eigenvalue weighted by Gasteiger charge is 2.33. The summed E-state index contributed by atoms with van der Waals surface area (Å²) in [6.45, 7) is 6.74. The molecule has 0 radical (unpaired) electrons. The van der Waals surface area contributed by atoms with Crippen LogP contribution in [0.15, 0.2) is 48.5 Å². The number of rotatable bonds is 6. The molecule has 0 unspecified atom stereocenters. The lowest BCUT2D eigenvalue weighted by atomic mass is 10.1. The molecule has 0 N–H and O–H groups in total. The quantitative estimate of drug-likeness (QED) is 0.728. The molecule has 0 aliphatic carbocycles. The van der Waals surface area contributed by atoms with Gasteiger partial charge in [0.1, 0.15) is 11.2 Å². The maximum atomic E-state index is 13.5. The Kier molecular flexibility index (Phi) is 6.39. The third-order valence-corrected chi connectivity index (χ3v) is 6.12. The number of amides is 2. The number of carbonyl (C=O) groups excluding carboxylic acids is 2. The largest absolute Gasteiger partial charge is 0.334 e. The Morgan fingerprint density at radius 2 is 1.96 bits per heavy atom. The second-order valence-electron chi connectivity index (χ2n) is 7.26. The third-order valence-electron chi connectivity index (χ3n) is 4.87. The summed E-state index contributed by atoms with van der Waals surface area (Å²) in [5.74, 6) is -0.129. The smallest absolute Gasteiger partial charge is 0.254 e. The second-order valence-corrected chi connectivity index (χ2v) is 8.33. The van der Waals surface area contributed by atoms with Crippen molar-refractivity contribution in [2.24, 2.45) is 0 Å². The second kappa shape index (κ2) is 8.78. The number of benzene rings is 2. The fourth-order valence-electron chi connectivity index (χ4n) is 3.30. The summed E-state index contributed by atoms with van der Waals surface area (Å²) in [6, 6.07) is 13.9. The molecule has 1 atom stereocenters. The standard InChI is InChI=1S/C22H25FN2O2S/c1-15(2)24(21(27)18-5-4-6-19(23)13-18)11-12-25-20(26)14-28-22(25)17-9-7-16(3)8-10-17/h4-10,13,15,22H,11-12,14H2,1-3H3/t22-/m0/s1. The third kappa shape index (κ3) is 4.55. The Balaban J connectivity index is 1.73. The van der Waals surface area contributed by atoms with Crippen LogP contribution in [-0.4, -0.2) is 46.5 Å². The molecular formula is C22H25FN2O2S. The zero-order valence-electron chi connectivity index (χ0n) is 16.4. The summed E-state index contributed by atoms with van der Waals surface area (Å²) in [5, 5.41) is -0.0358. The Hall–Kier alpha value is -2.34. The summed E-state index contributed by atoms with van der Waals surface area (Å²) in [4.78, 5) is 28.8. The molecule has 2 aromatic carbocycles. The van der Waals surface area contributed by atoms with Gasteiger partial charge < -0.3 is 9.80 Å². The van der Waals surface area contributed by atoms with E-state index >= 15 is 0 Å². The van der Waals surface area contributed by atoms with Crippen LogP contribution >= 0.6 is 11.8 Å². The maximum absolute atomic E-state index is 13.5. The van der Waals surface area contributed by atoms with E-state index in [1.165, 1.54) is 23.8 Å². The summed E-state index contributed by atoms with van der Waals surface area (Å²) in [6.07, 6.45) is 0. The van der Waals surface area contributed by atoms with Gasteiger partial charge in [-0.3, -0.25) is 9.59 Å². The van der Waals surface area contributed by atoms with E-state index in [4.69, 9.17) is 0 Å². The Morgan fingerprint density at radius 1 is 1.25 bits per heavy atom. The Labute approximate surface area is 169 Å². The average molecular weight is 401 g/mol. The number of carbonyl (C=O) groups is 2. The van der Waals surface area contributed by atoms with E-state index in [9.17, 15) is 14.0 Å². The first-order chi connectivity index (χ1) is 13.4. The molecule has 3 rings (SSSR count). The monoisotopic (exact) mass is 400 g/mol. The van der Waals surface area contributed by atoms with Crippen LogP contribution in [0.1, 0.15) is 40.7 Å². The summed E-state index contributed by atoms with van der Waals surface area (Å²) < 4.78 is 13.5. The first-order valence-electron chi connectivity index (χ1n) is 9.41. The number of aryl methyl sites for hydroxylation is 1. The maximum Gasteiger partial charge on any atom is 0.254 e. The highest BCUT2D eigenvalue weighted by Crippen LogP contribution is 2.38. The zero-order valence-corrected chi connectivity index (χ0v) is 17.2. The molecule has 1 saturated heterocycles. The lowest BCUT2D eigenvalue weighted by molar-refractivity contribution is -0.128. The van der Waals surface area contributed by atoms with Crippen molar-refractivity contribution in [3.63, 3.8) is 0 Å². The van der Waals surface area contributed by atoms with Gasteiger partial charge in [0.05, 0.1) is 5.75 Å². The molecule has 1 aliphatic rings.